The summed E-state index contributed by atoms with van der Waals surface area (Å²) in [5.41, 5.74) is 6.68. The number of thiophene rings is 2. The van der Waals surface area contributed by atoms with Gasteiger partial charge in [0, 0.05) is 50.3 Å². The van der Waals surface area contributed by atoms with E-state index in [0.717, 1.165) is 54.9 Å². The van der Waals surface area contributed by atoms with Crippen molar-refractivity contribution in [2.24, 2.45) is 9.98 Å². The molecule has 17 nitrogen and oxygen atoms in total. The van der Waals surface area contributed by atoms with Crippen LogP contribution in [-0.4, -0.2) is 119 Å². The summed E-state index contributed by atoms with van der Waals surface area (Å²) in [5.74, 6) is 1.54. The lowest BCUT2D eigenvalue weighted by Crippen LogP contribution is -2.29. The summed E-state index contributed by atoms with van der Waals surface area (Å²) in [6.45, 7) is 12.3. The van der Waals surface area contributed by atoms with Crippen molar-refractivity contribution in [1.82, 2.24) is 40.2 Å². The first-order chi connectivity index (χ1) is 32.8. The van der Waals surface area contributed by atoms with Gasteiger partial charge in [-0.15, -0.1) is 43.1 Å². The molecule has 2 unspecified atom stereocenters. The summed E-state index contributed by atoms with van der Waals surface area (Å²) in [4.78, 5) is 51.3. The maximum atomic E-state index is 13.6. The van der Waals surface area contributed by atoms with Crippen molar-refractivity contribution >= 4 is 75.1 Å². The third kappa shape index (κ3) is 10.5. The van der Waals surface area contributed by atoms with Gasteiger partial charge in [0.05, 0.1) is 75.9 Å². The number of methoxy groups -OCH3 is 1. The minimum atomic E-state index is -0.671. The lowest BCUT2D eigenvalue weighted by Gasteiger charge is -2.13. The van der Waals surface area contributed by atoms with Crippen molar-refractivity contribution < 1.29 is 33.3 Å². The molecule has 4 aromatic heterocycles. The van der Waals surface area contributed by atoms with E-state index in [1.807, 2.05) is 66.3 Å². The molecule has 0 fully saturated rings. The molecule has 2 N–H and O–H groups in total. The van der Waals surface area contributed by atoms with Crippen LogP contribution >= 0.6 is 45.9 Å². The van der Waals surface area contributed by atoms with Crippen LogP contribution in [0.15, 0.2) is 58.5 Å². The molecule has 2 aliphatic rings. The number of aryl methyl sites for hydroxylation is 3. The number of halogens is 2. The van der Waals surface area contributed by atoms with Crippen LogP contribution in [0.4, 0.5) is 0 Å². The molecule has 6 aromatic rings. The van der Waals surface area contributed by atoms with E-state index in [0.29, 0.717) is 77.7 Å². The van der Waals surface area contributed by atoms with Gasteiger partial charge >= 0.3 is 5.97 Å². The summed E-state index contributed by atoms with van der Waals surface area (Å²) in [6, 6.07) is 13.6. The van der Waals surface area contributed by atoms with Gasteiger partial charge < -0.3 is 29.6 Å². The molecule has 2 aromatic carbocycles. The Hall–Kier alpha value is -5.67. The Morgan fingerprint density at radius 3 is 1.62 bits per heavy atom. The summed E-state index contributed by atoms with van der Waals surface area (Å²) in [6.07, 6.45) is 0.0434. The van der Waals surface area contributed by atoms with Crippen LogP contribution in [0.3, 0.4) is 0 Å². The monoisotopic (exact) mass is 1000 g/mol. The Kier molecular flexibility index (Phi) is 15.6. The minimum absolute atomic E-state index is 0.0376. The highest BCUT2D eigenvalue weighted by molar-refractivity contribution is 7.17. The van der Waals surface area contributed by atoms with Gasteiger partial charge in [-0.1, -0.05) is 47.5 Å². The number of nitrogens with zero attached hydrogens (tertiary/aromatic N) is 8. The summed E-state index contributed by atoms with van der Waals surface area (Å²) in [7, 11) is 1.33. The normalized spacial score (nSPS) is 15.0. The number of carbonyl (C=O) groups excluding carboxylic acids is 3. The van der Waals surface area contributed by atoms with E-state index in [4.69, 9.17) is 52.1 Å². The fourth-order valence-electron chi connectivity index (χ4n) is 7.98. The molecule has 0 aliphatic carbocycles. The van der Waals surface area contributed by atoms with E-state index in [2.05, 4.69) is 44.9 Å². The van der Waals surface area contributed by atoms with Gasteiger partial charge in [-0.3, -0.25) is 33.5 Å². The number of hydrogen-bond donors (Lipinski definition) is 2. The Morgan fingerprint density at radius 2 is 1.09 bits per heavy atom. The predicted molar refractivity (Wildman–Crippen MR) is 261 cm³/mol. The molecular weight excluding hydrogens is 952 g/mol. The van der Waals surface area contributed by atoms with E-state index < -0.39 is 18.1 Å². The third-order valence-electron chi connectivity index (χ3n) is 11.5. The van der Waals surface area contributed by atoms with Gasteiger partial charge in [-0.25, -0.2) is 0 Å². The second-order valence-corrected chi connectivity index (χ2v) is 19.1. The zero-order chi connectivity index (χ0) is 48.1. The van der Waals surface area contributed by atoms with Gasteiger partial charge in [0.15, 0.2) is 11.6 Å². The van der Waals surface area contributed by atoms with Crippen molar-refractivity contribution in [3.8, 4) is 10.0 Å². The molecule has 6 heterocycles. The molecule has 8 rings (SSSR count). The van der Waals surface area contributed by atoms with Gasteiger partial charge in [0.25, 0.3) is 5.91 Å². The number of amides is 2. The number of rotatable bonds is 19. The Labute approximate surface area is 410 Å². The van der Waals surface area contributed by atoms with Crippen LogP contribution in [0.1, 0.15) is 96.2 Å². The van der Waals surface area contributed by atoms with Crippen molar-refractivity contribution in [1.29, 1.82) is 0 Å². The first kappa shape index (κ1) is 48.8. The molecular formula is C47H50Cl2N10O7S2. The molecule has 2 amide bonds. The Morgan fingerprint density at radius 1 is 0.618 bits per heavy atom. The fourth-order valence-corrected chi connectivity index (χ4v) is 10.7. The highest BCUT2D eigenvalue weighted by Crippen LogP contribution is 2.41. The Bertz CT molecular complexity index is 2890. The SMILES string of the molecule is COC(=O)CC1N=C(c2ccc(Cl)cc2)c2c(sc(C(=O)NCCOCCOCCOCCNC(=O)CC3N=C(c4ccc(Cl)cc4)c4c(sc(C)c4C)-n4c(C)nnc43)c2C)-n2c(C)nnc21. The average Bonchev–Trinajstić information content (AvgIpc) is 4.03. The molecule has 68 heavy (non-hydrogen) atoms. The van der Waals surface area contributed by atoms with Crippen LogP contribution in [0.5, 0.6) is 0 Å². The van der Waals surface area contributed by atoms with Crippen molar-refractivity contribution in [2.75, 3.05) is 59.8 Å². The lowest BCUT2D eigenvalue weighted by molar-refractivity contribution is -0.141. The fraction of sp³-hybridized carbons (Fsp3) is 0.383. The van der Waals surface area contributed by atoms with E-state index in [1.165, 1.54) is 23.3 Å². The topological polar surface area (TPSA) is 198 Å². The minimum Gasteiger partial charge on any atom is -0.469 e. The molecule has 0 saturated heterocycles. The largest absolute Gasteiger partial charge is 0.469 e. The molecule has 21 heteroatoms. The highest BCUT2D eigenvalue weighted by atomic mass is 35.5. The van der Waals surface area contributed by atoms with E-state index in [1.54, 1.807) is 23.5 Å². The quantitative estimate of drug-likeness (QED) is 0.0617. The van der Waals surface area contributed by atoms with Crippen molar-refractivity contribution in [3.63, 3.8) is 0 Å². The van der Waals surface area contributed by atoms with Gasteiger partial charge in [-0.2, -0.15) is 0 Å². The summed E-state index contributed by atoms with van der Waals surface area (Å²) < 4.78 is 26.0. The Balaban J connectivity index is 0.769. The summed E-state index contributed by atoms with van der Waals surface area (Å²) in [5, 5.41) is 26.4. The third-order valence-corrected chi connectivity index (χ3v) is 14.5. The molecule has 0 saturated carbocycles. The molecule has 0 radical (unpaired) electrons. The number of benzene rings is 2. The van der Waals surface area contributed by atoms with Crippen molar-refractivity contribution in [2.45, 2.75) is 59.5 Å². The van der Waals surface area contributed by atoms with E-state index in [-0.39, 0.29) is 37.8 Å². The van der Waals surface area contributed by atoms with Gasteiger partial charge in [0.1, 0.15) is 33.7 Å². The van der Waals surface area contributed by atoms with Crippen LogP contribution in [0, 0.1) is 34.6 Å². The second-order valence-electron chi connectivity index (χ2n) is 16.0. The number of hydrogen-bond acceptors (Lipinski definition) is 15. The number of carbonyl (C=O) groups is 3. The first-order valence-electron chi connectivity index (χ1n) is 22.0. The zero-order valence-corrected chi connectivity index (χ0v) is 41.5. The molecule has 2 atom stereocenters. The molecule has 2 aliphatic heterocycles. The molecule has 356 valence electrons. The number of fused-ring (bicyclic) bond motifs is 6. The standard InChI is InChI=1S/C47H50Cl2N10O7S2/c1-25-27(3)67-46-38(25)40(30-7-11-32(48)12-8-30)52-34(43-56-54-28(4)58(43)46)23-36(60)50-15-17-64-19-21-66-22-20-65-18-16-51-45(62)42-26(2)39-41(31-9-13-33(49)14-10-31)53-35(24-37(61)63-6)44-57-55-29(5)59(44)47(39)68-42/h7-14,34-35H,15-24H2,1-6H3,(H,50,60)(H,51,62). The second kappa shape index (κ2) is 21.7. The van der Waals surface area contributed by atoms with Crippen LogP contribution < -0.4 is 10.6 Å². The number of aromatic nitrogens is 6. The van der Waals surface area contributed by atoms with Crippen LogP contribution in [0.25, 0.3) is 10.0 Å². The van der Waals surface area contributed by atoms with Crippen LogP contribution in [-0.2, 0) is 28.5 Å². The smallest absolute Gasteiger partial charge is 0.308 e. The summed E-state index contributed by atoms with van der Waals surface area (Å²) >= 11 is 15.4. The van der Waals surface area contributed by atoms with Crippen molar-refractivity contribution in [3.05, 3.63) is 125 Å². The zero-order valence-electron chi connectivity index (χ0n) is 38.4. The number of nitrogens with one attached hydrogen (secondary N) is 2. The predicted octanol–water partition coefficient (Wildman–Crippen LogP) is 7.15. The lowest BCUT2D eigenvalue weighted by atomic mass is 9.99. The maximum Gasteiger partial charge on any atom is 0.308 e. The number of ether oxygens (including phenoxy) is 4. The average molecular weight is 1000 g/mol. The van der Waals surface area contributed by atoms with Crippen LogP contribution in [0.2, 0.25) is 10.0 Å². The number of esters is 1. The van der Waals surface area contributed by atoms with E-state index in [9.17, 15) is 14.4 Å². The maximum absolute atomic E-state index is 13.6. The van der Waals surface area contributed by atoms with Gasteiger partial charge in [-0.05, 0) is 70.0 Å². The van der Waals surface area contributed by atoms with E-state index >= 15 is 0 Å². The van der Waals surface area contributed by atoms with Gasteiger partial charge in [0.2, 0.25) is 5.91 Å². The molecule has 0 bridgehead atoms. The highest BCUT2D eigenvalue weighted by Gasteiger charge is 2.35. The molecule has 0 spiro atoms. The first-order valence-corrected chi connectivity index (χ1v) is 24.3. The number of aliphatic imine (C=N–C) groups is 2.